The summed E-state index contributed by atoms with van der Waals surface area (Å²) in [6.07, 6.45) is 2.19. The standard InChI is InChI=1S/C13H18O2/c1-12(7-8-12)13(2,14)10-5-4-6-11(9-10)15-3/h4-6,9,14H,7-8H2,1-3H3. The predicted octanol–water partition coefficient (Wildman–Crippen LogP) is 2.70. The average molecular weight is 206 g/mol. The third-order valence-corrected chi connectivity index (χ3v) is 3.81. The second-order valence-electron chi connectivity index (χ2n) is 4.86. The summed E-state index contributed by atoms with van der Waals surface area (Å²) in [4.78, 5) is 0. The second kappa shape index (κ2) is 3.24. The molecular formula is C13H18O2. The zero-order valence-electron chi connectivity index (χ0n) is 9.58. The lowest BCUT2D eigenvalue weighted by Crippen LogP contribution is -2.31. The van der Waals surface area contributed by atoms with Crippen LogP contribution in [0.25, 0.3) is 0 Å². The number of aliphatic hydroxyl groups is 1. The molecule has 0 bridgehead atoms. The minimum atomic E-state index is -0.748. The molecule has 1 N–H and O–H groups in total. The Labute approximate surface area is 90.9 Å². The van der Waals surface area contributed by atoms with Crippen LogP contribution in [0.5, 0.6) is 5.75 Å². The molecule has 1 aromatic rings. The fourth-order valence-electron chi connectivity index (χ4n) is 1.95. The molecule has 2 nitrogen and oxygen atoms in total. The van der Waals surface area contributed by atoms with Crippen LogP contribution in [0.3, 0.4) is 0 Å². The molecule has 0 radical (unpaired) electrons. The van der Waals surface area contributed by atoms with E-state index in [-0.39, 0.29) is 5.41 Å². The first kappa shape index (κ1) is 10.5. The Balaban J connectivity index is 2.36. The van der Waals surface area contributed by atoms with E-state index in [1.807, 2.05) is 31.2 Å². The van der Waals surface area contributed by atoms with Gasteiger partial charge in [0.2, 0.25) is 0 Å². The van der Waals surface area contributed by atoms with Gasteiger partial charge in [-0.1, -0.05) is 19.1 Å². The average Bonchev–Trinajstić information content (AvgIpc) is 2.98. The van der Waals surface area contributed by atoms with Gasteiger partial charge in [0.05, 0.1) is 12.7 Å². The monoisotopic (exact) mass is 206 g/mol. The molecule has 15 heavy (non-hydrogen) atoms. The highest BCUT2D eigenvalue weighted by atomic mass is 16.5. The summed E-state index contributed by atoms with van der Waals surface area (Å²) < 4.78 is 5.17. The van der Waals surface area contributed by atoms with Crippen LogP contribution in [-0.4, -0.2) is 12.2 Å². The lowest BCUT2D eigenvalue weighted by Gasteiger charge is -2.31. The number of benzene rings is 1. The number of hydrogen-bond donors (Lipinski definition) is 1. The summed E-state index contributed by atoms with van der Waals surface area (Å²) in [6.45, 7) is 4.03. The minimum absolute atomic E-state index is 0.0410. The van der Waals surface area contributed by atoms with Gasteiger partial charge in [-0.25, -0.2) is 0 Å². The van der Waals surface area contributed by atoms with Gasteiger partial charge in [0.15, 0.2) is 0 Å². The van der Waals surface area contributed by atoms with Crippen LogP contribution < -0.4 is 4.74 Å². The largest absolute Gasteiger partial charge is 0.497 e. The van der Waals surface area contributed by atoms with Crippen molar-refractivity contribution < 1.29 is 9.84 Å². The van der Waals surface area contributed by atoms with E-state index in [0.717, 1.165) is 24.2 Å². The Morgan fingerprint density at radius 3 is 2.60 bits per heavy atom. The molecule has 1 fully saturated rings. The van der Waals surface area contributed by atoms with Crippen molar-refractivity contribution in [1.29, 1.82) is 0 Å². The van der Waals surface area contributed by atoms with Gasteiger partial charge < -0.3 is 9.84 Å². The van der Waals surface area contributed by atoms with Crippen molar-refractivity contribution in [2.75, 3.05) is 7.11 Å². The maximum Gasteiger partial charge on any atom is 0.119 e. The van der Waals surface area contributed by atoms with Gasteiger partial charge in [-0.15, -0.1) is 0 Å². The molecule has 0 saturated heterocycles. The van der Waals surface area contributed by atoms with Crippen LogP contribution in [0.15, 0.2) is 24.3 Å². The van der Waals surface area contributed by atoms with E-state index >= 15 is 0 Å². The molecule has 82 valence electrons. The fourth-order valence-corrected chi connectivity index (χ4v) is 1.95. The predicted molar refractivity (Wildman–Crippen MR) is 59.9 cm³/mol. The van der Waals surface area contributed by atoms with Gasteiger partial charge in [0.1, 0.15) is 5.75 Å². The zero-order valence-corrected chi connectivity index (χ0v) is 9.58. The molecule has 2 heteroatoms. The molecule has 1 saturated carbocycles. The van der Waals surface area contributed by atoms with Crippen molar-refractivity contribution in [3.8, 4) is 5.75 Å². The summed E-state index contributed by atoms with van der Waals surface area (Å²) in [5.41, 5.74) is 0.239. The molecule has 0 amide bonds. The van der Waals surface area contributed by atoms with Gasteiger partial charge in [-0.2, -0.15) is 0 Å². The highest BCUT2D eigenvalue weighted by Gasteiger charge is 2.53. The topological polar surface area (TPSA) is 29.5 Å². The van der Waals surface area contributed by atoms with Gasteiger partial charge in [-0.3, -0.25) is 0 Å². The van der Waals surface area contributed by atoms with Crippen molar-refractivity contribution in [2.24, 2.45) is 5.41 Å². The van der Waals surface area contributed by atoms with E-state index in [1.54, 1.807) is 7.11 Å². The van der Waals surface area contributed by atoms with Crippen molar-refractivity contribution in [2.45, 2.75) is 32.3 Å². The SMILES string of the molecule is COc1cccc(C(C)(O)C2(C)CC2)c1. The third kappa shape index (κ3) is 1.63. The number of ether oxygens (including phenoxy) is 1. The first-order chi connectivity index (χ1) is 6.99. The van der Waals surface area contributed by atoms with Gasteiger partial charge >= 0.3 is 0 Å². The van der Waals surface area contributed by atoms with Crippen LogP contribution in [0.2, 0.25) is 0 Å². The van der Waals surface area contributed by atoms with Crippen LogP contribution in [-0.2, 0) is 5.60 Å². The maximum absolute atomic E-state index is 10.5. The summed E-state index contributed by atoms with van der Waals surface area (Å²) in [6, 6.07) is 7.71. The number of hydrogen-bond acceptors (Lipinski definition) is 2. The highest BCUT2D eigenvalue weighted by molar-refractivity contribution is 5.34. The van der Waals surface area contributed by atoms with Crippen molar-refractivity contribution in [3.05, 3.63) is 29.8 Å². The molecule has 1 aliphatic rings. The molecule has 0 aromatic heterocycles. The Kier molecular flexibility index (Phi) is 2.27. The summed E-state index contributed by atoms with van der Waals surface area (Å²) >= 11 is 0. The quantitative estimate of drug-likeness (QED) is 0.824. The van der Waals surface area contributed by atoms with Crippen LogP contribution >= 0.6 is 0 Å². The lowest BCUT2D eigenvalue weighted by molar-refractivity contribution is -0.0128. The first-order valence-corrected chi connectivity index (χ1v) is 5.36. The summed E-state index contributed by atoms with van der Waals surface area (Å²) in [5.74, 6) is 0.803. The van der Waals surface area contributed by atoms with Crippen molar-refractivity contribution in [3.63, 3.8) is 0 Å². The third-order valence-electron chi connectivity index (χ3n) is 3.81. The van der Waals surface area contributed by atoms with Gasteiger partial charge in [0.25, 0.3) is 0 Å². The normalized spacial score (nSPS) is 21.9. The van der Waals surface area contributed by atoms with E-state index in [1.165, 1.54) is 0 Å². The van der Waals surface area contributed by atoms with E-state index in [9.17, 15) is 5.11 Å². The molecule has 2 rings (SSSR count). The molecule has 0 spiro atoms. The summed E-state index contributed by atoms with van der Waals surface area (Å²) in [7, 11) is 1.65. The van der Waals surface area contributed by atoms with Gasteiger partial charge in [-0.05, 0) is 37.5 Å². The fraction of sp³-hybridized carbons (Fsp3) is 0.538. The Hall–Kier alpha value is -1.02. The first-order valence-electron chi connectivity index (χ1n) is 5.36. The van der Waals surface area contributed by atoms with E-state index in [2.05, 4.69) is 6.92 Å². The maximum atomic E-state index is 10.5. The Morgan fingerprint density at radius 2 is 2.07 bits per heavy atom. The summed E-state index contributed by atoms with van der Waals surface area (Å²) in [5, 5.41) is 10.5. The Bertz CT molecular complexity index is 365. The van der Waals surface area contributed by atoms with E-state index in [4.69, 9.17) is 4.74 Å². The van der Waals surface area contributed by atoms with E-state index < -0.39 is 5.60 Å². The van der Waals surface area contributed by atoms with Crippen molar-refractivity contribution >= 4 is 0 Å². The highest BCUT2D eigenvalue weighted by Crippen LogP contribution is 2.57. The molecular weight excluding hydrogens is 188 g/mol. The molecule has 1 aliphatic carbocycles. The van der Waals surface area contributed by atoms with E-state index in [0.29, 0.717) is 0 Å². The molecule has 1 aromatic carbocycles. The smallest absolute Gasteiger partial charge is 0.119 e. The molecule has 1 atom stereocenters. The minimum Gasteiger partial charge on any atom is -0.497 e. The van der Waals surface area contributed by atoms with Crippen LogP contribution in [0.4, 0.5) is 0 Å². The zero-order chi connectivity index (χ0) is 11.1. The second-order valence-corrected chi connectivity index (χ2v) is 4.86. The molecule has 0 heterocycles. The number of methoxy groups -OCH3 is 1. The van der Waals surface area contributed by atoms with Gasteiger partial charge in [0, 0.05) is 5.41 Å². The van der Waals surface area contributed by atoms with Crippen LogP contribution in [0, 0.1) is 5.41 Å². The lowest BCUT2D eigenvalue weighted by atomic mass is 9.81. The number of rotatable bonds is 3. The molecule has 0 aliphatic heterocycles. The molecule has 1 unspecified atom stereocenters. The van der Waals surface area contributed by atoms with Crippen molar-refractivity contribution in [1.82, 2.24) is 0 Å². The van der Waals surface area contributed by atoms with Crippen LogP contribution in [0.1, 0.15) is 32.3 Å². The Morgan fingerprint density at radius 1 is 1.40 bits per heavy atom.